The van der Waals surface area contributed by atoms with Gasteiger partial charge in [-0.3, -0.25) is 4.79 Å². The molecule has 0 spiro atoms. The summed E-state index contributed by atoms with van der Waals surface area (Å²) in [5, 5.41) is 0.0158. The lowest BCUT2D eigenvalue weighted by Crippen LogP contribution is -2.48. The molecule has 0 aromatic heterocycles. The summed E-state index contributed by atoms with van der Waals surface area (Å²) in [6.45, 7) is 7.76. The van der Waals surface area contributed by atoms with E-state index in [0.717, 1.165) is 0 Å². The fraction of sp³-hybridized carbons (Fsp3) is 0.550. The molecule has 0 bridgehead atoms. The molecular weight excluding hydrogens is 464 g/mol. The van der Waals surface area contributed by atoms with E-state index in [0.29, 0.717) is 6.42 Å². The second-order valence-corrected chi connectivity index (χ2v) is 12.6. The topological polar surface area (TPSA) is 101 Å². The molecule has 1 aromatic carbocycles. The van der Waals surface area contributed by atoms with Gasteiger partial charge >= 0.3 is 0 Å². The van der Waals surface area contributed by atoms with E-state index in [1.165, 1.54) is 33.5 Å². The molecule has 2 saturated heterocycles. The van der Waals surface area contributed by atoms with Crippen molar-refractivity contribution >= 4 is 37.4 Å². The first kappa shape index (κ1) is 24.2. The molecular formula is C20H27ClN2O6S2. The van der Waals surface area contributed by atoms with Crippen molar-refractivity contribution in [2.45, 2.75) is 43.4 Å². The Morgan fingerprint density at radius 1 is 1.32 bits per heavy atom. The minimum atomic E-state index is -3.96. The minimum Gasteiger partial charge on any atom is -0.373 e. The maximum atomic E-state index is 13.3. The maximum Gasteiger partial charge on any atom is 0.254 e. The zero-order valence-electron chi connectivity index (χ0n) is 17.5. The lowest BCUT2D eigenvalue weighted by molar-refractivity contribution is -0.0440. The number of ether oxygens (including phenoxy) is 1. The normalized spacial score (nSPS) is 26.5. The summed E-state index contributed by atoms with van der Waals surface area (Å²) in [6.07, 6.45) is 1.32. The van der Waals surface area contributed by atoms with Crippen molar-refractivity contribution in [1.82, 2.24) is 9.21 Å². The first-order chi connectivity index (χ1) is 14.4. The molecule has 3 unspecified atom stereocenters. The van der Waals surface area contributed by atoms with Crippen LogP contribution in [0.2, 0.25) is 5.02 Å². The number of carbonyl (C=O) groups excluding carboxylic acids is 1. The van der Waals surface area contributed by atoms with Gasteiger partial charge in [-0.05, 0) is 38.5 Å². The number of benzene rings is 1. The van der Waals surface area contributed by atoms with Crippen molar-refractivity contribution in [1.29, 1.82) is 0 Å². The van der Waals surface area contributed by atoms with E-state index >= 15 is 0 Å². The molecule has 172 valence electrons. The molecule has 0 aliphatic carbocycles. The lowest BCUT2D eigenvalue weighted by atomic mass is 10.1. The van der Waals surface area contributed by atoms with E-state index in [1.54, 1.807) is 13.8 Å². The number of morpholine rings is 1. The van der Waals surface area contributed by atoms with Crippen molar-refractivity contribution in [3.63, 3.8) is 0 Å². The first-order valence-corrected chi connectivity index (χ1v) is 13.7. The summed E-state index contributed by atoms with van der Waals surface area (Å²) in [6, 6.07) is 3.62. The summed E-state index contributed by atoms with van der Waals surface area (Å²) in [5.41, 5.74) is 0.128. The van der Waals surface area contributed by atoms with Gasteiger partial charge in [-0.15, -0.1) is 6.58 Å². The van der Waals surface area contributed by atoms with Crippen molar-refractivity contribution in [2.24, 2.45) is 0 Å². The molecule has 2 heterocycles. The zero-order valence-corrected chi connectivity index (χ0v) is 19.9. The quantitative estimate of drug-likeness (QED) is 0.565. The highest BCUT2D eigenvalue weighted by Crippen LogP contribution is 2.29. The molecule has 2 fully saturated rings. The van der Waals surface area contributed by atoms with Crippen LogP contribution in [0.3, 0.4) is 0 Å². The second-order valence-electron chi connectivity index (χ2n) is 8.03. The molecule has 2 aliphatic rings. The third-order valence-electron chi connectivity index (χ3n) is 5.42. The molecule has 0 radical (unpaired) electrons. The van der Waals surface area contributed by atoms with Gasteiger partial charge in [0.05, 0.1) is 28.7 Å². The molecule has 31 heavy (non-hydrogen) atoms. The number of nitrogens with zero attached hydrogens (tertiary/aromatic N) is 2. The summed E-state index contributed by atoms with van der Waals surface area (Å²) < 4.78 is 57.3. The van der Waals surface area contributed by atoms with Gasteiger partial charge in [0.1, 0.15) is 4.90 Å². The molecule has 3 atom stereocenters. The standard InChI is InChI=1S/C20H27ClN2O6S2/c1-4-8-23(17-7-9-30(25,26)13-17)20(24)16-5-6-18(21)19(10-16)31(27,28)22-11-14(2)29-15(3)12-22/h4-6,10,14-15,17H,1,7-9,11-13H2,2-3H3. The number of sulfonamides is 1. The van der Waals surface area contributed by atoms with E-state index < -0.39 is 31.8 Å². The predicted octanol–water partition coefficient (Wildman–Crippen LogP) is 1.95. The Labute approximate surface area is 188 Å². The van der Waals surface area contributed by atoms with Crippen LogP contribution in [0.1, 0.15) is 30.6 Å². The number of rotatable bonds is 6. The van der Waals surface area contributed by atoms with Gasteiger partial charge in [0.15, 0.2) is 9.84 Å². The number of halogens is 1. The fourth-order valence-corrected chi connectivity index (χ4v) is 7.85. The second kappa shape index (κ2) is 9.19. The monoisotopic (exact) mass is 490 g/mol. The Kier molecular flexibility index (Phi) is 7.17. The van der Waals surface area contributed by atoms with Gasteiger partial charge in [0.25, 0.3) is 5.91 Å². The van der Waals surface area contributed by atoms with Gasteiger partial charge in [-0.2, -0.15) is 4.31 Å². The Morgan fingerprint density at radius 3 is 2.52 bits per heavy atom. The smallest absolute Gasteiger partial charge is 0.254 e. The molecule has 0 saturated carbocycles. The van der Waals surface area contributed by atoms with Crippen LogP contribution in [0.25, 0.3) is 0 Å². The van der Waals surface area contributed by atoms with Crippen LogP contribution in [0, 0.1) is 0 Å². The molecule has 1 amide bonds. The summed E-state index contributed by atoms with van der Waals surface area (Å²) in [7, 11) is -7.16. The lowest BCUT2D eigenvalue weighted by Gasteiger charge is -2.34. The Morgan fingerprint density at radius 2 is 1.97 bits per heavy atom. The Bertz CT molecular complexity index is 1060. The number of hydrogen-bond donors (Lipinski definition) is 0. The zero-order chi connectivity index (χ0) is 23.0. The number of sulfone groups is 1. The van der Waals surface area contributed by atoms with Crippen LogP contribution in [0.15, 0.2) is 35.7 Å². The van der Waals surface area contributed by atoms with Crippen molar-refractivity contribution in [2.75, 3.05) is 31.1 Å². The SMILES string of the molecule is C=CCN(C(=O)c1ccc(Cl)c(S(=O)(=O)N2CC(C)OC(C)C2)c1)C1CCS(=O)(=O)C1. The Balaban J connectivity index is 1.94. The van der Waals surface area contributed by atoms with Crippen LogP contribution in [-0.4, -0.2) is 81.3 Å². The molecule has 11 heteroatoms. The van der Waals surface area contributed by atoms with Crippen LogP contribution in [0.5, 0.6) is 0 Å². The molecule has 1 aromatic rings. The van der Waals surface area contributed by atoms with Crippen molar-refractivity contribution < 1.29 is 26.4 Å². The average molecular weight is 491 g/mol. The highest BCUT2D eigenvalue weighted by molar-refractivity contribution is 7.91. The van der Waals surface area contributed by atoms with Crippen molar-refractivity contribution in [3.05, 3.63) is 41.4 Å². The van der Waals surface area contributed by atoms with E-state index in [4.69, 9.17) is 16.3 Å². The van der Waals surface area contributed by atoms with Gasteiger partial charge in [0.2, 0.25) is 10.0 Å². The molecule has 8 nitrogen and oxygen atoms in total. The van der Waals surface area contributed by atoms with Gasteiger partial charge < -0.3 is 9.64 Å². The third kappa shape index (κ3) is 5.31. The van der Waals surface area contributed by atoms with Crippen LogP contribution < -0.4 is 0 Å². The van der Waals surface area contributed by atoms with Crippen LogP contribution >= 0.6 is 11.6 Å². The van der Waals surface area contributed by atoms with Crippen molar-refractivity contribution in [3.8, 4) is 0 Å². The van der Waals surface area contributed by atoms with Gasteiger partial charge in [0, 0.05) is 31.2 Å². The van der Waals surface area contributed by atoms with E-state index in [2.05, 4.69) is 6.58 Å². The van der Waals surface area contributed by atoms with E-state index in [1.807, 2.05) is 0 Å². The number of amides is 1. The molecule has 3 rings (SSSR count). The summed E-state index contributed by atoms with van der Waals surface area (Å²) in [4.78, 5) is 14.5. The van der Waals surface area contributed by atoms with Crippen LogP contribution in [0.4, 0.5) is 0 Å². The fourth-order valence-electron chi connectivity index (χ4n) is 4.02. The maximum absolute atomic E-state index is 13.3. The number of hydrogen-bond acceptors (Lipinski definition) is 6. The highest BCUT2D eigenvalue weighted by Gasteiger charge is 2.36. The summed E-state index contributed by atoms with van der Waals surface area (Å²) in [5.74, 6) is -0.556. The average Bonchev–Trinajstić information content (AvgIpc) is 3.04. The summed E-state index contributed by atoms with van der Waals surface area (Å²) >= 11 is 6.23. The van der Waals surface area contributed by atoms with Gasteiger partial charge in [-0.1, -0.05) is 17.7 Å². The largest absolute Gasteiger partial charge is 0.373 e. The third-order valence-corrected chi connectivity index (χ3v) is 9.48. The highest BCUT2D eigenvalue weighted by atomic mass is 35.5. The van der Waals surface area contributed by atoms with E-state index in [-0.39, 0.29) is 58.8 Å². The Hall–Kier alpha value is -1.46. The van der Waals surface area contributed by atoms with Gasteiger partial charge in [-0.25, -0.2) is 16.8 Å². The molecule has 2 aliphatic heterocycles. The predicted molar refractivity (Wildman–Crippen MR) is 119 cm³/mol. The minimum absolute atomic E-state index is 0.0158. The molecule has 0 N–H and O–H groups in total. The van der Waals surface area contributed by atoms with E-state index in [9.17, 15) is 21.6 Å². The first-order valence-electron chi connectivity index (χ1n) is 10.0. The van der Waals surface area contributed by atoms with Crippen LogP contribution in [-0.2, 0) is 24.6 Å². The number of carbonyl (C=O) groups is 1.